The maximum atomic E-state index is 12.0. The number of carbonyl (C=O) groups excluding carboxylic acids is 2. The van der Waals surface area contributed by atoms with Gasteiger partial charge in [0.2, 0.25) is 0 Å². The van der Waals surface area contributed by atoms with Gasteiger partial charge in [-0.25, -0.2) is 0 Å². The lowest BCUT2D eigenvalue weighted by atomic mass is 9.98. The van der Waals surface area contributed by atoms with Crippen LogP contribution in [-0.4, -0.2) is 19.0 Å². The van der Waals surface area contributed by atoms with Crippen molar-refractivity contribution in [2.75, 3.05) is 11.9 Å². The van der Waals surface area contributed by atoms with Crippen LogP contribution in [-0.2, 0) is 9.59 Å². The van der Waals surface area contributed by atoms with Gasteiger partial charge in [0.15, 0.2) is 6.61 Å². The Morgan fingerprint density at radius 1 is 1.17 bits per heavy atom. The van der Waals surface area contributed by atoms with Crippen molar-refractivity contribution in [3.63, 3.8) is 0 Å². The normalized spacial score (nSPS) is 10.3. The lowest BCUT2D eigenvalue weighted by Crippen LogP contribution is -2.20. The Hall–Kier alpha value is -2.82. The van der Waals surface area contributed by atoms with E-state index in [9.17, 15) is 9.59 Å². The first-order valence-corrected chi connectivity index (χ1v) is 7.73. The minimum atomic E-state index is -0.288. The average Bonchev–Trinajstić information content (AvgIpc) is 2.53. The maximum Gasteiger partial charge on any atom is 0.298 e. The Labute approximate surface area is 141 Å². The lowest BCUT2D eigenvalue weighted by molar-refractivity contribution is -0.120. The monoisotopic (exact) mass is 327 g/mol. The van der Waals surface area contributed by atoms with E-state index in [1.807, 2.05) is 25.1 Å². The van der Waals surface area contributed by atoms with E-state index < -0.39 is 0 Å². The third kappa shape index (κ3) is 4.84. The summed E-state index contributed by atoms with van der Waals surface area (Å²) in [7, 11) is 0. The standard InChI is InChI=1S/C19H21NO4/c1-13(2)18-8-7-17(9-14(18)3)23-11-19(22)20-15-5-4-6-16(10-15)24-12-21/h4-10,12-13H,11H2,1-3H3,(H,20,22). The summed E-state index contributed by atoms with van der Waals surface area (Å²) >= 11 is 0. The molecule has 0 unspecified atom stereocenters. The molecule has 1 amide bonds. The fourth-order valence-corrected chi connectivity index (χ4v) is 2.43. The van der Waals surface area contributed by atoms with Crippen molar-refractivity contribution in [2.45, 2.75) is 26.7 Å². The number of nitrogens with one attached hydrogen (secondary N) is 1. The van der Waals surface area contributed by atoms with Crippen molar-refractivity contribution < 1.29 is 19.1 Å². The molecule has 2 aromatic rings. The summed E-state index contributed by atoms with van der Waals surface area (Å²) in [4.78, 5) is 22.3. The molecule has 0 heterocycles. The second kappa shape index (κ2) is 8.15. The van der Waals surface area contributed by atoms with Gasteiger partial charge in [-0.1, -0.05) is 26.0 Å². The summed E-state index contributed by atoms with van der Waals surface area (Å²) in [5.41, 5.74) is 2.94. The Kier molecular flexibility index (Phi) is 5.95. The van der Waals surface area contributed by atoms with Gasteiger partial charge >= 0.3 is 0 Å². The van der Waals surface area contributed by atoms with Gasteiger partial charge in [0.25, 0.3) is 12.4 Å². The van der Waals surface area contributed by atoms with E-state index in [2.05, 4.69) is 19.2 Å². The highest BCUT2D eigenvalue weighted by Crippen LogP contribution is 2.23. The van der Waals surface area contributed by atoms with E-state index in [0.29, 0.717) is 29.6 Å². The smallest absolute Gasteiger partial charge is 0.298 e. The van der Waals surface area contributed by atoms with Crippen LogP contribution in [0.1, 0.15) is 30.9 Å². The van der Waals surface area contributed by atoms with Gasteiger partial charge in [0.05, 0.1) is 0 Å². The molecule has 126 valence electrons. The summed E-state index contributed by atoms with van der Waals surface area (Å²) in [6, 6.07) is 12.4. The highest BCUT2D eigenvalue weighted by molar-refractivity contribution is 5.92. The molecule has 2 aromatic carbocycles. The first-order chi connectivity index (χ1) is 11.5. The number of amides is 1. The molecule has 0 aliphatic carbocycles. The topological polar surface area (TPSA) is 64.6 Å². The van der Waals surface area contributed by atoms with Gasteiger partial charge in [0.1, 0.15) is 11.5 Å². The molecule has 0 aliphatic rings. The molecule has 0 spiro atoms. The van der Waals surface area contributed by atoms with E-state index in [1.165, 1.54) is 5.56 Å². The minimum absolute atomic E-state index is 0.0980. The van der Waals surface area contributed by atoms with Crippen molar-refractivity contribution in [1.29, 1.82) is 0 Å². The maximum absolute atomic E-state index is 12.0. The van der Waals surface area contributed by atoms with Crippen LogP contribution in [0.2, 0.25) is 0 Å². The molecule has 0 bridgehead atoms. The number of aryl methyl sites for hydroxylation is 1. The molecule has 2 rings (SSSR count). The molecule has 0 aliphatic heterocycles. The van der Waals surface area contributed by atoms with E-state index in [4.69, 9.17) is 9.47 Å². The molecular weight excluding hydrogens is 306 g/mol. The van der Waals surface area contributed by atoms with Crippen molar-refractivity contribution in [3.05, 3.63) is 53.6 Å². The summed E-state index contributed by atoms with van der Waals surface area (Å²) in [6.07, 6.45) is 0. The van der Waals surface area contributed by atoms with Gasteiger partial charge in [-0.15, -0.1) is 0 Å². The van der Waals surface area contributed by atoms with Crippen molar-refractivity contribution in [3.8, 4) is 11.5 Å². The van der Waals surface area contributed by atoms with Crippen LogP contribution in [0.3, 0.4) is 0 Å². The summed E-state index contributed by atoms with van der Waals surface area (Å²) in [6.45, 7) is 6.55. The zero-order chi connectivity index (χ0) is 17.5. The van der Waals surface area contributed by atoms with Crippen LogP contribution in [0, 0.1) is 6.92 Å². The van der Waals surface area contributed by atoms with E-state index in [1.54, 1.807) is 24.3 Å². The Bertz CT molecular complexity index is 725. The number of benzene rings is 2. The van der Waals surface area contributed by atoms with Crippen molar-refractivity contribution in [2.24, 2.45) is 0 Å². The van der Waals surface area contributed by atoms with Gasteiger partial charge < -0.3 is 14.8 Å². The van der Waals surface area contributed by atoms with Gasteiger partial charge in [-0.3, -0.25) is 9.59 Å². The van der Waals surface area contributed by atoms with E-state index in [0.717, 1.165) is 5.56 Å². The number of hydrogen-bond donors (Lipinski definition) is 1. The molecule has 0 fully saturated rings. The first kappa shape index (κ1) is 17.5. The van der Waals surface area contributed by atoms with Crippen LogP contribution in [0.25, 0.3) is 0 Å². The largest absolute Gasteiger partial charge is 0.484 e. The number of hydrogen-bond acceptors (Lipinski definition) is 4. The quantitative estimate of drug-likeness (QED) is 0.788. The van der Waals surface area contributed by atoms with Gasteiger partial charge in [-0.05, 0) is 48.2 Å². The van der Waals surface area contributed by atoms with E-state index in [-0.39, 0.29) is 12.5 Å². The number of carbonyl (C=O) groups is 2. The molecule has 0 aromatic heterocycles. The van der Waals surface area contributed by atoms with Crippen LogP contribution < -0.4 is 14.8 Å². The fourth-order valence-electron chi connectivity index (χ4n) is 2.43. The predicted molar refractivity (Wildman–Crippen MR) is 92.5 cm³/mol. The molecular formula is C19H21NO4. The zero-order valence-corrected chi connectivity index (χ0v) is 14.0. The molecule has 5 heteroatoms. The molecule has 0 atom stereocenters. The minimum Gasteiger partial charge on any atom is -0.484 e. The van der Waals surface area contributed by atoms with Crippen LogP contribution >= 0.6 is 0 Å². The second-order valence-corrected chi connectivity index (χ2v) is 5.75. The number of rotatable bonds is 7. The Morgan fingerprint density at radius 2 is 1.96 bits per heavy atom. The van der Waals surface area contributed by atoms with Crippen LogP contribution in [0.4, 0.5) is 5.69 Å². The summed E-state index contributed by atoms with van der Waals surface area (Å²) in [5.74, 6) is 1.18. The van der Waals surface area contributed by atoms with Crippen molar-refractivity contribution >= 4 is 18.1 Å². The molecule has 0 radical (unpaired) electrons. The fraction of sp³-hybridized carbons (Fsp3) is 0.263. The molecule has 0 saturated carbocycles. The molecule has 5 nitrogen and oxygen atoms in total. The average molecular weight is 327 g/mol. The highest BCUT2D eigenvalue weighted by atomic mass is 16.5. The second-order valence-electron chi connectivity index (χ2n) is 5.75. The SMILES string of the molecule is Cc1cc(OCC(=O)Nc2cccc(OC=O)c2)ccc1C(C)C. The summed E-state index contributed by atoms with van der Waals surface area (Å²) < 4.78 is 10.3. The first-order valence-electron chi connectivity index (χ1n) is 7.73. The Balaban J connectivity index is 1.92. The van der Waals surface area contributed by atoms with Crippen LogP contribution in [0.15, 0.2) is 42.5 Å². The zero-order valence-electron chi connectivity index (χ0n) is 14.0. The number of ether oxygens (including phenoxy) is 2. The highest BCUT2D eigenvalue weighted by Gasteiger charge is 2.07. The van der Waals surface area contributed by atoms with Crippen molar-refractivity contribution in [1.82, 2.24) is 0 Å². The predicted octanol–water partition coefficient (Wildman–Crippen LogP) is 3.67. The third-order valence-electron chi connectivity index (χ3n) is 3.54. The lowest BCUT2D eigenvalue weighted by Gasteiger charge is -2.12. The molecule has 24 heavy (non-hydrogen) atoms. The Morgan fingerprint density at radius 3 is 2.62 bits per heavy atom. The van der Waals surface area contributed by atoms with E-state index >= 15 is 0 Å². The molecule has 0 saturated heterocycles. The summed E-state index contributed by atoms with van der Waals surface area (Å²) in [5, 5.41) is 2.70. The van der Waals surface area contributed by atoms with Crippen LogP contribution in [0.5, 0.6) is 11.5 Å². The number of anilines is 1. The van der Waals surface area contributed by atoms with Gasteiger partial charge in [-0.2, -0.15) is 0 Å². The van der Waals surface area contributed by atoms with Gasteiger partial charge in [0, 0.05) is 11.8 Å². The third-order valence-corrected chi connectivity index (χ3v) is 3.54. The molecule has 1 N–H and O–H groups in total.